The van der Waals surface area contributed by atoms with E-state index < -0.39 is 11.3 Å². The average molecular weight is 224 g/mol. The number of amides is 2. The lowest BCUT2D eigenvalue weighted by Crippen LogP contribution is -2.48. The summed E-state index contributed by atoms with van der Waals surface area (Å²) in [4.78, 5) is 25.0. The first kappa shape index (κ1) is 14.4. The first-order valence-corrected chi connectivity index (χ1v) is 5.16. The van der Waals surface area contributed by atoms with E-state index in [1.54, 1.807) is 32.3 Å². The molecule has 0 radical (unpaired) electrons. The number of nitrogens with two attached hydrogens (primary N) is 1. The zero-order valence-electron chi connectivity index (χ0n) is 10.2. The summed E-state index contributed by atoms with van der Waals surface area (Å²) in [6.07, 6.45) is 5.68. The van der Waals surface area contributed by atoms with Gasteiger partial charge in [0.25, 0.3) is 0 Å². The van der Waals surface area contributed by atoms with Crippen LogP contribution in [-0.2, 0) is 9.59 Å². The highest BCUT2D eigenvalue weighted by atomic mass is 16.2. The Bertz CT molecular complexity index is 308. The van der Waals surface area contributed by atoms with Crippen LogP contribution >= 0.6 is 0 Å². The largest absolute Gasteiger partial charge is 0.369 e. The minimum absolute atomic E-state index is 0.254. The molecule has 0 aromatic rings. The molecule has 0 aromatic heterocycles. The lowest BCUT2D eigenvalue weighted by atomic mass is 9.79. The molecule has 0 aliphatic carbocycles. The quantitative estimate of drug-likeness (QED) is 0.542. The second-order valence-corrected chi connectivity index (χ2v) is 3.91. The third-order valence-electron chi connectivity index (χ3n) is 2.48. The van der Waals surface area contributed by atoms with Crippen LogP contribution < -0.4 is 5.73 Å². The topological polar surface area (TPSA) is 63.4 Å². The van der Waals surface area contributed by atoms with E-state index in [1.165, 1.54) is 4.90 Å². The summed E-state index contributed by atoms with van der Waals surface area (Å²) in [6.45, 7) is 5.41. The Morgan fingerprint density at radius 2 is 1.94 bits per heavy atom. The molecule has 1 unspecified atom stereocenters. The van der Waals surface area contributed by atoms with Gasteiger partial charge < -0.3 is 10.6 Å². The minimum Gasteiger partial charge on any atom is -0.369 e. The highest BCUT2D eigenvalue weighted by molar-refractivity contribution is 6.04. The molecule has 90 valence electrons. The standard InChI is InChI=1S/C12H20N2O2/c1-5-7-9-12(8-6-2,10(13)15)11(16)14(3)4/h5-7H,2,8-9H2,1,3-4H3,(H2,13,15)/b7-5+. The summed E-state index contributed by atoms with van der Waals surface area (Å²) in [6, 6.07) is 0. The van der Waals surface area contributed by atoms with Gasteiger partial charge in [0.15, 0.2) is 0 Å². The molecule has 0 fully saturated rings. The van der Waals surface area contributed by atoms with Crippen molar-refractivity contribution < 1.29 is 9.59 Å². The smallest absolute Gasteiger partial charge is 0.238 e. The number of nitrogens with zero attached hydrogens (tertiary/aromatic N) is 1. The van der Waals surface area contributed by atoms with E-state index in [1.807, 2.05) is 6.92 Å². The first-order chi connectivity index (χ1) is 7.42. The van der Waals surface area contributed by atoms with Gasteiger partial charge in [-0.25, -0.2) is 0 Å². The number of carbonyl (C=O) groups excluding carboxylic acids is 2. The van der Waals surface area contributed by atoms with Crippen molar-refractivity contribution in [2.24, 2.45) is 11.1 Å². The third-order valence-corrected chi connectivity index (χ3v) is 2.48. The normalized spacial score (nSPS) is 14.4. The molecule has 16 heavy (non-hydrogen) atoms. The number of primary amides is 1. The molecule has 0 saturated carbocycles. The Labute approximate surface area is 96.8 Å². The maximum atomic E-state index is 12.0. The number of hydrogen-bond donors (Lipinski definition) is 1. The number of rotatable bonds is 6. The molecule has 0 spiro atoms. The van der Waals surface area contributed by atoms with Crippen LogP contribution in [0.2, 0.25) is 0 Å². The molecule has 0 aliphatic rings. The minimum atomic E-state index is -1.20. The summed E-state index contributed by atoms with van der Waals surface area (Å²) < 4.78 is 0. The van der Waals surface area contributed by atoms with Crippen molar-refractivity contribution in [3.05, 3.63) is 24.8 Å². The van der Waals surface area contributed by atoms with E-state index in [-0.39, 0.29) is 12.3 Å². The van der Waals surface area contributed by atoms with Crippen molar-refractivity contribution in [2.75, 3.05) is 14.1 Å². The Morgan fingerprint density at radius 1 is 1.38 bits per heavy atom. The van der Waals surface area contributed by atoms with E-state index in [0.29, 0.717) is 6.42 Å². The number of hydrogen-bond acceptors (Lipinski definition) is 2. The fourth-order valence-electron chi connectivity index (χ4n) is 1.56. The van der Waals surface area contributed by atoms with Crippen LogP contribution in [0.5, 0.6) is 0 Å². The molecule has 0 heterocycles. The third kappa shape index (κ3) is 2.95. The van der Waals surface area contributed by atoms with Crippen LogP contribution in [0.25, 0.3) is 0 Å². The summed E-state index contributed by atoms with van der Waals surface area (Å²) in [5.74, 6) is -0.887. The summed E-state index contributed by atoms with van der Waals surface area (Å²) in [5, 5.41) is 0. The van der Waals surface area contributed by atoms with Crippen molar-refractivity contribution in [3.8, 4) is 0 Å². The highest BCUT2D eigenvalue weighted by Crippen LogP contribution is 2.29. The lowest BCUT2D eigenvalue weighted by Gasteiger charge is -2.29. The zero-order valence-corrected chi connectivity index (χ0v) is 10.2. The molecule has 2 amide bonds. The van der Waals surface area contributed by atoms with Gasteiger partial charge in [-0.1, -0.05) is 18.2 Å². The van der Waals surface area contributed by atoms with Crippen LogP contribution in [0.1, 0.15) is 19.8 Å². The van der Waals surface area contributed by atoms with Crippen LogP contribution in [0, 0.1) is 5.41 Å². The second kappa shape index (κ2) is 6.10. The van der Waals surface area contributed by atoms with Crippen molar-refractivity contribution in [3.63, 3.8) is 0 Å². The van der Waals surface area contributed by atoms with Gasteiger partial charge in [-0.15, -0.1) is 6.58 Å². The molecule has 0 bridgehead atoms. The fraction of sp³-hybridized carbons (Fsp3) is 0.500. The van der Waals surface area contributed by atoms with Gasteiger partial charge in [0.1, 0.15) is 5.41 Å². The molecule has 0 saturated heterocycles. The van der Waals surface area contributed by atoms with E-state index in [9.17, 15) is 9.59 Å². The van der Waals surface area contributed by atoms with Gasteiger partial charge in [0.2, 0.25) is 11.8 Å². The molecule has 0 aliphatic heterocycles. The molecule has 0 rings (SSSR count). The van der Waals surface area contributed by atoms with E-state index in [4.69, 9.17) is 5.73 Å². The van der Waals surface area contributed by atoms with Crippen molar-refractivity contribution in [1.82, 2.24) is 4.90 Å². The fourth-order valence-corrected chi connectivity index (χ4v) is 1.56. The number of allylic oxidation sites excluding steroid dienone is 3. The molecule has 4 heteroatoms. The molecular weight excluding hydrogens is 204 g/mol. The van der Waals surface area contributed by atoms with Crippen LogP contribution in [0.4, 0.5) is 0 Å². The van der Waals surface area contributed by atoms with Crippen LogP contribution in [-0.4, -0.2) is 30.8 Å². The average Bonchev–Trinajstić information content (AvgIpc) is 2.22. The van der Waals surface area contributed by atoms with Gasteiger partial charge in [-0.2, -0.15) is 0 Å². The van der Waals surface area contributed by atoms with Gasteiger partial charge in [-0.05, 0) is 19.8 Å². The predicted molar refractivity (Wildman–Crippen MR) is 64.6 cm³/mol. The van der Waals surface area contributed by atoms with Gasteiger partial charge in [-0.3, -0.25) is 9.59 Å². The Morgan fingerprint density at radius 3 is 2.25 bits per heavy atom. The molecule has 0 aromatic carbocycles. The predicted octanol–water partition coefficient (Wildman–Crippen LogP) is 1.09. The van der Waals surface area contributed by atoms with Crippen molar-refractivity contribution in [1.29, 1.82) is 0 Å². The van der Waals surface area contributed by atoms with Crippen molar-refractivity contribution in [2.45, 2.75) is 19.8 Å². The highest BCUT2D eigenvalue weighted by Gasteiger charge is 2.43. The zero-order chi connectivity index (χ0) is 12.8. The van der Waals surface area contributed by atoms with E-state index in [2.05, 4.69) is 6.58 Å². The van der Waals surface area contributed by atoms with E-state index in [0.717, 1.165) is 0 Å². The summed E-state index contributed by atoms with van der Waals surface area (Å²) in [5.41, 5.74) is 4.17. The van der Waals surface area contributed by atoms with Gasteiger partial charge in [0.05, 0.1) is 0 Å². The SMILES string of the molecule is C=CCC(C/C=C/C)(C(N)=O)C(=O)N(C)C. The second-order valence-electron chi connectivity index (χ2n) is 3.91. The summed E-state index contributed by atoms with van der Waals surface area (Å²) >= 11 is 0. The molecular formula is C12H20N2O2. The Balaban J connectivity index is 5.31. The Kier molecular flexibility index (Phi) is 5.50. The molecule has 4 nitrogen and oxygen atoms in total. The molecule has 1 atom stereocenters. The lowest BCUT2D eigenvalue weighted by molar-refractivity contribution is -0.147. The maximum absolute atomic E-state index is 12.0. The maximum Gasteiger partial charge on any atom is 0.238 e. The van der Waals surface area contributed by atoms with Gasteiger partial charge >= 0.3 is 0 Å². The van der Waals surface area contributed by atoms with Crippen LogP contribution in [0.3, 0.4) is 0 Å². The Hall–Kier alpha value is -1.58. The summed E-state index contributed by atoms with van der Waals surface area (Å²) in [7, 11) is 3.22. The molecule has 2 N–H and O–H groups in total. The first-order valence-electron chi connectivity index (χ1n) is 5.16. The van der Waals surface area contributed by atoms with Crippen molar-refractivity contribution >= 4 is 11.8 Å². The van der Waals surface area contributed by atoms with Crippen LogP contribution in [0.15, 0.2) is 24.8 Å². The van der Waals surface area contributed by atoms with Gasteiger partial charge in [0, 0.05) is 14.1 Å². The van der Waals surface area contributed by atoms with E-state index >= 15 is 0 Å². The number of carbonyl (C=O) groups is 2. The monoisotopic (exact) mass is 224 g/mol.